The lowest BCUT2D eigenvalue weighted by Crippen LogP contribution is -2.32. The van der Waals surface area contributed by atoms with Gasteiger partial charge in [-0.2, -0.15) is 10.4 Å². The first-order chi connectivity index (χ1) is 12.2. The number of pyridine rings is 1. The fourth-order valence-electron chi connectivity index (χ4n) is 2.60. The highest BCUT2D eigenvalue weighted by atomic mass is 32.1. The number of nitriles is 1. The predicted molar refractivity (Wildman–Crippen MR) is 94.3 cm³/mol. The van der Waals surface area contributed by atoms with Crippen LogP contribution in [0.1, 0.15) is 34.4 Å². The van der Waals surface area contributed by atoms with E-state index in [9.17, 15) is 14.9 Å². The van der Waals surface area contributed by atoms with Crippen LogP contribution in [-0.4, -0.2) is 23.0 Å². The maximum Gasteiger partial charge on any atom is 0.329 e. The summed E-state index contributed by atoms with van der Waals surface area (Å²) in [5, 5.41) is 16.1. The highest BCUT2D eigenvalue weighted by Gasteiger charge is 2.23. The van der Waals surface area contributed by atoms with Crippen LogP contribution in [0.5, 0.6) is 0 Å². The van der Waals surface area contributed by atoms with E-state index < -0.39 is 11.8 Å². The Kier molecular flexibility index (Phi) is 5.16. The molecule has 126 valence electrons. The number of nitrogens with zero attached hydrogens (tertiary/aromatic N) is 3. The van der Waals surface area contributed by atoms with Crippen molar-refractivity contribution in [3.63, 3.8) is 0 Å². The monoisotopic (exact) mass is 353 g/mol. The van der Waals surface area contributed by atoms with Crippen molar-refractivity contribution in [1.82, 2.24) is 10.4 Å². The molecule has 0 unspecified atom stereocenters. The van der Waals surface area contributed by atoms with Crippen molar-refractivity contribution < 1.29 is 9.59 Å². The average Bonchev–Trinajstić information content (AvgIpc) is 2.99. The summed E-state index contributed by atoms with van der Waals surface area (Å²) in [7, 11) is 0. The minimum Gasteiger partial charge on any atom is -0.308 e. The van der Waals surface area contributed by atoms with Crippen LogP contribution in [0.15, 0.2) is 29.6 Å². The summed E-state index contributed by atoms with van der Waals surface area (Å²) in [6.45, 7) is 0. The number of anilines is 1. The number of aryl methyl sites for hydroxylation is 1. The van der Waals surface area contributed by atoms with Crippen LogP contribution >= 0.6 is 11.3 Å². The largest absolute Gasteiger partial charge is 0.329 e. The zero-order chi connectivity index (χ0) is 17.6. The van der Waals surface area contributed by atoms with Crippen molar-refractivity contribution in [2.45, 2.75) is 25.7 Å². The van der Waals surface area contributed by atoms with Gasteiger partial charge in [-0.15, -0.1) is 11.3 Å². The van der Waals surface area contributed by atoms with E-state index >= 15 is 0 Å². The number of carbonyl (C=O) groups is 2. The molecular formula is C17H15N5O2S. The third kappa shape index (κ3) is 3.89. The quantitative estimate of drug-likeness (QED) is 0.500. The van der Waals surface area contributed by atoms with Crippen LogP contribution in [0.25, 0.3) is 0 Å². The molecule has 0 fully saturated rings. The van der Waals surface area contributed by atoms with Gasteiger partial charge in [-0.05, 0) is 48.9 Å². The van der Waals surface area contributed by atoms with Gasteiger partial charge in [-0.3, -0.25) is 14.6 Å². The van der Waals surface area contributed by atoms with Crippen LogP contribution in [0, 0.1) is 11.3 Å². The number of aromatic nitrogens is 1. The van der Waals surface area contributed by atoms with Gasteiger partial charge in [-0.25, -0.2) is 5.43 Å². The minimum absolute atomic E-state index is 0.438. The lowest BCUT2D eigenvalue weighted by Gasteiger charge is -2.09. The highest BCUT2D eigenvalue weighted by molar-refractivity contribution is 7.16. The molecule has 0 bridgehead atoms. The van der Waals surface area contributed by atoms with Crippen molar-refractivity contribution in [3.8, 4) is 6.07 Å². The molecule has 0 saturated heterocycles. The predicted octanol–water partition coefficient (Wildman–Crippen LogP) is 1.98. The molecule has 2 aromatic heterocycles. The topological polar surface area (TPSA) is 107 Å². The van der Waals surface area contributed by atoms with E-state index in [1.54, 1.807) is 24.5 Å². The van der Waals surface area contributed by atoms with Crippen molar-refractivity contribution in [3.05, 3.63) is 46.1 Å². The summed E-state index contributed by atoms with van der Waals surface area (Å²) in [5.74, 6) is -1.73. The fraction of sp³-hybridized carbons (Fsp3) is 0.235. The summed E-state index contributed by atoms with van der Waals surface area (Å²) in [4.78, 5) is 28.9. The molecule has 0 saturated carbocycles. The van der Waals surface area contributed by atoms with Gasteiger partial charge in [-0.1, -0.05) is 0 Å². The number of hydrogen-bond donors (Lipinski definition) is 2. The molecule has 0 radical (unpaired) electrons. The van der Waals surface area contributed by atoms with Crippen LogP contribution < -0.4 is 10.7 Å². The lowest BCUT2D eigenvalue weighted by atomic mass is 9.96. The average molecular weight is 353 g/mol. The van der Waals surface area contributed by atoms with Gasteiger partial charge in [0.15, 0.2) is 0 Å². The van der Waals surface area contributed by atoms with E-state index in [-0.39, 0.29) is 0 Å². The maximum absolute atomic E-state index is 12.0. The Morgan fingerprint density at radius 1 is 1.24 bits per heavy atom. The molecule has 2 amide bonds. The highest BCUT2D eigenvalue weighted by Crippen LogP contribution is 2.37. The Morgan fingerprint density at radius 2 is 2.00 bits per heavy atom. The first-order valence-electron chi connectivity index (χ1n) is 7.78. The Morgan fingerprint density at radius 3 is 2.76 bits per heavy atom. The van der Waals surface area contributed by atoms with E-state index in [0.29, 0.717) is 10.6 Å². The Labute approximate surface area is 148 Å². The second kappa shape index (κ2) is 7.68. The minimum atomic E-state index is -0.888. The van der Waals surface area contributed by atoms with Crippen molar-refractivity contribution in [1.29, 1.82) is 5.26 Å². The smallest absolute Gasteiger partial charge is 0.308 e. The second-order valence-electron chi connectivity index (χ2n) is 5.46. The van der Waals surface area contributed by atoms with E-state index in [2.05, 4.69) is 26.9 Å². The molecule has 0 atom stereocenters. The second-order valence-corrected chi connectivity index (χ2v) is 6.57. The number of rotatable bonds is 3. The zero-order valence-corrected chi connectivity index (χ0v) is 14.1. The molecule has 8 heteroatoms. The standard InChI is InChI=1S/C17H15N5O2S/c18-9-13-12-3-1-2-4-14(12)25-17(13)21-15(23)16(24)22-20-10-11-5-7-19-8-6-11/h5-8,10H,1-4H2,(H,21,23)(H,22,24). The number of carbonyl (C=O) groups excluding carboxylic acids is 2. The molecule has 2 heterocycles. The molecule has 1 aliphatic rings. The molecule has 0 aliphatic heterocycles. The molecule has 1 aliphatic carbocycles. The number of hydrazone groups is 1. The maximum atomic E-state index is 12.0. The number of fused-ring (bicyclic) bond motifs is 1. The molecule has 2 N–H and O–H groups in total. The summed E-state index contributed by atoms with van der Waals surface area (Å²) >= 11 is 1.37. The van der Waals surface area contributed by atoms with Gasteiger partial charge in [0, 0.05) is 17.3 Å². The first kappa shape index (κ1) is 16.8. The Bertz CT molecular complexity index is 867. The number of amides is 2. The van der Waals surface area contributed by atoms with Crippen molar-refractivity contribution in [2.24, 2.45) is 5.10 Å². The number of thiophene rings is 1. The van der Waals surface area contributed by atoms with Crippen LogP contribution in [0.3, 0.4) is 0 Å². The summed E-state index contributed by atoms with van der Waals surface area (Å²) < 4.78 is 0. The summed E-state index contributed by atoms with van der Waals surface area (Å²) in [6, 6.07) is 5.57. The van der Waals surface area contributed by atoms with Gasteiger partial charge < -0.3 is 5.32 Å². The van der Waals surface area contributed by atoms with Crippen LogP contribution in [-0.2, 0) is 22.4 Å². The third-order valence-electron chi connectivity index (χ3n) is 3.80. The van der Waals surface area contributed by atoms with Crippen molar-refractivity contribution >= 4 is 34.4 Å². The molecule has 25 heavy (non-hydrogen) atoms. The Balaban J connectivity index is 1.64. The van der Waals surface area contributed by atoms with E-state index in [1.165, 1.54) is 17.6 Å². The van der Waals surface area contributed by atoms with Gasteiger partial charge in [0.05, 0.1) is 11.8 Å². The van der Waals surface area contributed by atoms with Crippen LogP contribution in [0.4, 0.5) is 5.00 Å². The lowest BCUT2D eigenvalue weighted by molar-refractivity contribution is -0.136. The molecule has 7 nitrogen and oxygen atoms in total. The fourth-order valence-corrected chi connectivity index (χ4v) is 3.83. The summed E-state index contributed by atoms with van der Waals surface area (Å²) in [6.07, 6.45) is 8.47. The first-order valence-corrected chi connectivity index (χ1v) is 8.59. The molecule has 2 aromatic rings. The van der Waals surface area contributed by atoms with E-state index in [0.717, 1.165) is 41.7 Å². The molecular weight excluding hydrogens is 338 g/mol. The normalized spacial score (nSPS) is 13.1. The number of hydrogen-bond acceptors (Lipinski definition) is 6. The van der Waals surface area contributed by atoms with Gasteiger partial charge in [0.2, 0.25) is 0 Å². The zero-order valence-electron chi connectivity index (χ0n) is 13.3. The number of nitrogens with one attached hydrogen (secondary N) is 2. The molecule has 3 rings (SSSR count). The summed E-state index contributed by atoms with van der Waals surface area (Å²) in [5.41, 5.74) is 4.39. The van der Waals surface area contributed by atoms with Crippen LogP contribution in [0.2, 0.25) is 0 Å². The van der Waals surface area contributed by atoms with Crippen molar-refractivity contribution in [2.75, 3.05) is 5.32 Å². The third-order valence-corrected chi connectivity index (χ3v) is 5.01. The Hall–Kier alpha value is -3.05. The van der Waals surface area contributed by atoms with Gasteiger partial charge >= 0.3 is 11.8 Å². The van der Waals surface area contributed by atoms with E-state index in [4.69, 9.17) is 0 Å². The molecule has 0 spiro atoms. The SMILES string of the molecule is N#Cc1c(NC(=O)C(=O)NN=Cc2ccncc2)sc2c1CCCC2. The van der Waals surface area contributed by atoms with Gasteiger partial charge in [0.25, 0.3) is 0 Å². The van der Waals surface area contributed by atoms with E-state index in [1.807, 2.05) is 0 Å². The molecule has 0 aromatic carbocycles. The van der Waals surface area contributed by atoms with Gasteiger partial charge in [0.1, 0.15) is 11.1 Å².